The van der Waals surface area contributed by atoms with E-state index in [1.165, 1.54) is 3.57 Å². The van der Waals surface area contributed by atoms with Gasteiger partial charge in [-0.3, -0.25) is 0 Å². The van der Waals surface area contributed by atoms with E-state index in [1.54, 1.807) is 6.20 Å². The van der Waals surface area contributed by atoms with Gasteiger partial charge in [0, 0.05) is 22.5 Å². The Hall–Kier alpha value is -1.30. The van der Waals surface area contributed by atoms with E-state index in [9.17, 15) is 0 Å². The molecular weight excluding hydrogens is 313 g/mol. The lowest BCUT2D eigenvalue weighted by atomic mass is 10.3. The third-order valence-corrected chi connectivity index (χ3v) is 3.10. The number of allylic oxidation sites excluding steroid dienone is 1. The van der Waals surface area contributed by atoms with Crippen molar-refractivity contribution in [3.8, 4) is 0 Å². The monoisotopic (exact) mass is 325 g/mol. The summed E-state index contributed by atoms with van der Waals surface area (Å²) in [5.41, 5.74) is 1.07. The van der Waals surface area contributed by atoms with Gasteiger partial charge in [-0.05, 0) is 34.7 Å². The Morgan fingerprint density at radius 1 is 1.44 bits per heavy atom. The van der Waals surface area contributed by atoms with Gasteiger partial charge in [0.05, 0.1) is 5.69 Å². The molecular formula is C12H12IN3. The van der Waals surface area contributed by atoms with Gasteiger partial charge in [0.2, 0.25) is 5.95 Å². The van der Waals surface area contributed by atoms with Crippen LogP contribution in [0.3, 0.4) is 0 Å². The second-order valence-electron chi connectivity index (χ2n) is 3.30. The molecule has 0 aliphatic carbocycles. The summed E-state index contributed by atoms with van der Waals surface area (Å²) in [4.78, 5) is 4.27. The number of para-hydroxylation sites is 1. The smallest absolute Gasteiger partial charge is 0.207 e. The fourth-order valence-electron chi connectivity index (χ4n) is 1.40. The van der Waals surface area contributed by atoms with Crippen molar-refractivity contribution in [3.05, 3.63) is 52.9 Å². The molecule has 2 rings (SSSR count). The van der Waals surface area contributed by atoms with Gasteiger partial charge in [-0.25, -0.2) is 4.98 Å². The lowest BCUT2D eigenvalue weighted by Gasteiger charge is -2.09. The number of halogens is 1. The molecule has 0 saturated heterocycles. The molecule has 0 saturated carbocycles. The molecule has 82 valence electrons. The standard InChI is InChI=1S/C12H12IN3/c1-2-8-16-9-7-14-12(16)15-11-6-4-3-5-10(11)13/h2-7,9H,1,8H2,(H,14,15). The number of rotatable bonds is 4. The predicted octanol–water partition coefficient (Wildman–Crippen LogP) is 3.42. The van der Waals surface area contributed by atoms with Crippen molar-refractivity contribution in [2.75, 3.05) is 5.32 Å². The molecule has 1 N–H and O–H groups in total. The number of imidazole rings is 1. The van der Waals surface area contributed by atoms with E-state index in [1.807, 2.05) is 35.0 Å². The Morgan fingerprint density at radius 2 is 2.25 bits per heavy atom. The molecule has 0 aliphatic rings. The molecule has 0 unspecified atom stereocenters. The third-order valence-electron chi connectivity index (χ3n) is 2.16. The molecule has 0 bridgehead atoms. The molecule has 0 amide bonds. The molecule has 16 heavy (non-hydrogen) atoms. The first-order valence-corrected chi connectivity index (χ1v) is 6.02. The topological polar surface area (TPSA) is 29.9 Å². The first-order valence-electron chi connectivity index (χ1n) is 4.95. The molecule has 1 aromatic heterocycles. The maximum absolute atomic E-state index is 4.27. The largest absolute Gasteiger partial charge is 0.325 e. The average molecular weight is 325 g/mol. The van der Waals surface area contributed by atoms with Crippen LogP contribution in [0.2, 0.25) is 0 Å². The average Bonchev–Trinajstić information content (AvgIpc) is 2.70. The van der Waals surface area contributed by atoms with Crippen LogP contribution < -0.4 is 5.32 Å². The number of nitrogens with one attached hydrogen (secondary N) is 1. The highest BCUT2D eigenvalue weighted by atomic mass is 127. The van der Waals surface area contributed by atoms with Crippen LogP contribution in [0.1, 0.15) is 0 Å². The zero-order valence-corrected chi connectivity index (χ0v) is 10.9. The first kappa shape index (κ1) is 11.2. The second-order valence-corrected chi connectivity index (χ2v) is 4.46. The van der Waals surface area contributed by atoms with Crippen molar-refractivity contribution in [2.45, 2.75) is 6.54 Å². The summed E-state index contributed by atoms with van der Waals surface area (Å²) < 4.78 is 3.18. The highest BCUT2D eigenvalue weighted by Crippen LogP contribution is 2.21. The molecule has 4 heteroatoms. The Kier molecular flexibility index (Phi) is 3.61. The third kappa shape index (κ3) is 2.44. The Balaban J connectivity index is 2.23. The second kappa shape index (κ2) is 5.16. The molecule has 0 fully saturated rings. The summed E-state index contributed by atoms with van der Waals surface area (Å²) in [5, 5.41) is 3.30. The minimum absolute atomic E-state index is 0.756. The van der Waals surface area contributed by atoms with Gasteiger partial charge in [0.15, 0.2) is 0 Å². The molecule has 0 atom stereocenters. The Morgan fingerprint density at radius 3 is 3.00 bits per heavy atom. The molecule has 0 radical (unpaired) electrons. The van der Waals surface area contributed by atoms with Crippen molar-refractivity contribution in [1.29, 1.82) is 0 Å². The molecule has 3 nitrogen and oxygen atoms in total. The van der Waals surface area contributed by atoms with Crippen LogP contribution in [-0.4, -0.2) is 9.55 Å². The van der Waals surface area contributed by atoms with Crippen molar-refractivity contribution < 1.29 is 0 Å². The highest BCUT2D eigenvalue weighted by Gasteiger charge is 2.03. The van der Waals surface area contributed by atoms with Gasteiger partial charge in [-0.15, -0.1) is 6.58 Å². The van der Waals surface area contributed by atoms with Crippen LogP contribution in [0.15, 0.2) is 49.3 Å². The van der Waals surface area contributed by atoms with E-state index < -0.39 is 0 Å². The Bertz CT molecular complexity index is 491. The number of hydrogen-bond acceptors (Lipinski definition) is 2. The van der Waals surface area contributed by atoms with E-state index >= 15 is 0 Å². The van der Waals surface area contributed by atoms with Crippen LogP contribution in [0.5, 0.6) is 0 Å². The number of benzene rings is 1. The maximum atomic E-state index is 4.27. The predicted molar refractivity (Wildman–Crippen MR) is 74.9 cm³/mol. The van der Waals surface area contributed by atoms with E-state index in [0.717, 1.165) is 18.2 Å². The van der Waals surface area contributed by atoms with Gasteiger partial charge in [-0.2, -0.15) is 0 Å². The van der Waals surface area contributed by atoms with Crippen LogP contribution in [0.25, 0.3) is 0 Å². The van der Waals surface area contributed by atoms with E-state index in [0.29, 0.717) is 0 Å². The molecule has 0 aliphatic heterocycles. The van der Waals surface area contributed by atoms with E-state index in [4.69, 9.17) is 0 Å². The van der Waals surface area contributed by atoms with E-state index in [-0.39, 0.29) is 0 Å². The molecule has 1 heterocycles. The lowest BCUT2D eigenvalue weighted by molar-refractivity contribution is 0.833. The Labute approximate surface area is 108 Å². The number of aromatic nitrogens is 2. The van der Waals surface area contributed by atoms with Crippen LogP contribution in [0.4, 0.5) is 11.6 Å². The summed E-state index contributed by atoms with van der Waals surface area (Å²) in [5.74, 6) is 0.837. The van der Waals surface area contributed by atoms with E-state index in [2.05, 4.69) is 45.5 Å². The summed E-state index contributed by atoms with van der Waals surface area (Å²) in [6.45, 7) is 4.48. The fourth-order valence-corrected chi connectivity index (χ4v) is 1.92. The van der Waals surface area contributed by atoms with Crippen LogP contribution in [0, 0.1) is 3.57 Å². The minimum atomic E-state index is 0.756. The quantitative estimate of drug-likeness (QED) is 0.690. The van der Waals surface area contributed by atoms with Crippen molar-refractivity contribution in [3.63, 3.8) is 0 Å². The lowest BCUT2D eigenvalue weighted by Crippen LogP contribution is -2.02. The highest BCUT2D eigenvalue weighted by molar-refractivity contribution is 14.1. The van der Waals surface area contributed by atoms with Gasteiger partial charge < -0.3 is 9.88 Å². The van der Waals surface area contributed by atoms with Gasteiger partial charge in [0.1, 0.15) is 0 Å². The normalized spacial score (nSPS) is 10.1. The van der Waals surface area contributed by atoms with Crippen molar-refractivity contribution in [1.82, 2.24) is 9.55 Å². The minimum Gasteiger partial charge on any atom is -0.325 e. The van der Waals surface area contributed by atoms with Crippen molar-refractivity contribution in [2.24, 2.45) is 0 Å². The SMILES string of the molecule is C=CCn1ccnc1Nc1ccccc1I. The summed E-state index contributed by atoms with van der Waals surface area (Å²) in [6.07, 6.45) is 5.56. The van der Waals surface area contributed by atoms with Gasteiger partial charge >= 0.3 is 0 Å². The number of nitrogens with zero attached hydrogens (tertiary/aromatic N) is 2. The fraction of sp³-hybridized carbons (Fsp3) is 0.0833. The maximum Gasteiger partial charge on any atom is 0.207 e. The van der Waals surface area contributed by atoms with Crippen molar-refractivity contribution >= 4 is 34.2 Å². The molecule has 1 aromatic carbocycles. The van der Waals surface area contributed by atoms with Crippen LogP contribution in [-0.2, 0) is 6.54 Å². The summed E-state index contributed by atoms with van der Waals surface area (Å²) in [7, 11) is 0. The van der Waals surface area contributed by atoms with Crippen LogP contribution >= 0.6 is 22.6 Å². The molecule has 0 spiro atoms. The van der Waals surface area contributed by atoms with Gasteiger partial charge in [0.25, 0.3) is 0 Å². The summed E-state index contributed by atoms with van der Waals surface area (Å²) in [6, 6.07) is 8.12. The zero-order valence-electron chi connectivity index (χ0n) is 8.73. The molecule has 2 aromatic rings. The number of anilines is 2. The van der Waals surface area contributed by atoms with Gasteiger partial charge in [-0.1, -0.05) is 18.2 Å². The zero-order chi connectivity index (χ0) is 11.4. The number of hydrogen-bond donors (Lipinski definition) is 1. The summed E-state index contributed by atoms with van der Waals surface area (Å²) >= 11 is 2.30. The first-order chi connectivity index (χ1) is 7.81.